The quantitative estimate of drug-likeness (QED) is 0.804. The Bertz CT molecular complexity index is 399. The zero-order valence-electron chi connectivity index (χ0n) is 12.7. The van der Waals surface area contributed by atoms with Crippen LogP contribution in [0.2, 0.25) is 10.1 Å². The van der Waals surface area contributed by atoms with Crippen LogP contribution >= 0.6 is 0 Å². The minimum Gasteiger partial charge on any atom is -0.520 e. The van der Waals surface area contributed by atoms with E-state index in [1.54, 1.807) is 0 Å². The molecule has 18 heavy (non-hydrogen) atoms. The first kappa shape index (κ1) is 15.3. The van der Waals surface area contributed by atoms with Crippen LogP contribution in [0, 0.1) is 6.92 Å². The van der Waals surface area contributed by atoms with Crippen LogP contribution in [0.1, 0.15) is 47.1 Å². The van der Waals surface area contributed by atoms with Crippen LogP contribution in [-0.4, -0.2) is 13.4 Å². The van der Waals surface area contributed by atoms with Gasteiger partial charge < -0.3 is 9.22 Å². The van der Waals surface area contributed by atoms with E-state index in [2.05, 4.69) is 41.5 Å². The number of aryl methyl sites for hydroxylation is 1. The first-order chi connectivity index (χ1) is 7.97. The summed E-state index contributed by atoms with van der Waals surface area (Å²) in [5.41, 5.74) is 1.15. The van der Waals surface area contributed by atoms with Gasteiger partial charge in [-0.1, -0.05) is 53.7 Å². The predicted octanol–water partition coefficient (Wildman–Crippen LogP) is 4.41. The molecule has 0 amide bonds. The summed E-state index contributed by atoms with van der Waals surface area (Å²) < 4.78 is 6.11. The first-order valence-corrected chi connectivity index (χ1v) is 8.31. The second kappa shape index (κ2) is 4.70. The van der Waals surface area contributed by atoms with Crippen molar-refractivity contribution in [3.63, 3.8) is 0 Å². The van der Waals surface area contributed by atoms with Crippen molar-refractivity contribution in [2.45, 2.75) is 58.5 Å². The molecule has 0 radical (unpaired) electrons. The Morgan fingerprint density at radius 1 is 1.00 bits per heavy atom. The smallest absolute Gasteiger partial charge is 0.407 e. The van der Waals surface area contributed by atoms with Crippen LogP contribution in [-0.2, 0) is 0 Å². The van der Waals surface area contributed by atoms with Crippen LogP contribution in [0.5, 0.6) is 5.75 Å². The summed E-state index contributed by atoms with van der Waals surface area (Å²) in [4.78, 5) is 11.1. The highest BCUT2D eigenvalue weighted by atomic mass is 28.4. The molecule has 0 heterocycles. The van der Waals surface area contributed by atoms with E-state index < -0.39 is 8.56 Å². The molecule has 3 heteroatoms. The topological polar surface area (TPSA) is 29.5 Å². The SMILES string of the molecule is Cc1cccc(O[Si](O)(C(C)(C)C)C(C)(C)C)c1. The number of hydrogen-bond acceptors (Lipinski definition) is 2. The maximum Gasteiger partial charge on any atom is 0.407 e. The van der Waals surface area contributed by atoms with Gasteiger partial charge in [0.25, 0.3) is 0 Å². The fourth-order valence-corrected chi connectivity index (χ4v) is 5.61. The van der Waals surface area contributed by atoms with E-state index in [4.69, 9.17) is 4.43 Å². The van der Waals surface area contributed by atoms with Crippen LogP contribution in [0.3, 0.4) is 0 Å². The van der Waals surface area contributed by atoms with E-state index in [9.17, 15) is 4.80 Å². The minimum absolute atomic E-state index is 0.241. The van der Waals surface area contributed by atoms with Crippen LogP contribution in [0.4, 0.5) is 0 Å². The van der Waals surface area contributed by atoms with E-state index in [1.165, 1.54) is 0 Å². The maximum atomic E-state index is 11.1. The fraction of sp³-hybridized carbons (Fsp3) is 0.600. The lowest BCUT2D eigenvalue weighted by Crippen LogP contribution is -2.57. The average Bonchev–Trinajstić information content (AvgIpc) is 2.13. The summed E-state index contributed by atoms with van der Waals surface area (Å²) in [6, 6.07) is 7.89. The number of benzene rings is 1. The Morgan fingerprint density at radius 3 is 1.89 bits per heavy atom. The molecular formula is C15H26O2Si. The van der Waals surface area contributed by atoms with Gasteiger partial charge in [0, 0.05) is 10.1 Å². The molecule has 0 aliphatic heterocycles. The minimum atomic E-state index is -2.92. The first-order valence-electron chi connectivity index (χ1n) is 6.45. The summed E-state index contributed by atoms with van der Waals surface area (Å²) in [5.74, 6) is 0.772. The van der Waals surface area contributed by atoms with E-state index in [0.717, 1.165) is 11.3 Å². The highest BCUT2D eigenvalue weighted by Gasteiger charge is 2.57. The third-order valence-electron chi connectivity index (χ3n) is 3.29. The van der Waals surface area contributed by atoms with Crippen LogP contribution in [0.15, 0.2) is 24.3 Å². The second-order valence-electron chi connectivity index (χ2n) is 7.06. The Hall–Kier alpha value is -0.803. The number of rotatable bonds is 2. The van der Waals surface area contributed by atoms with E-state index >= 15 is 0 Å². The van der Waals surface area contributed by atoms with Gasteiger partial charge in [-0.25, -0.2) is 0 Å². The zero-order chi connectivity index (χ0) is 14.2. The summed E-state index contributed by atoms with van der Waals surface area (Å²) in [6.45, 7) is 14.4. The molecule has 0 aliphatic rings. The third kappa shape index (κ3) is 2.95. The van der Waals surface area contributed by atoms with Crippen LogP contribution < -0.4 is 4.43 Å². The molecule has 0 fully saturated rings. The molecule has 0 saturated heterocycles. The lowest BCUT2D eigenvalue weighted by molar-refractivity contribution is 0.284. The second-order valence-corrected chi connectivity index (χ2v) is 11.6. The molecule has 0 aromatic heterocycles. The maximum absolute atomic E-state index is 11.1. The van der Waals surface area contributed by atoms with Gasteiger partial charge in [0.1, 0.15) is 5.75 Å². The van der Waals surface area contributed by atoms with Gasteiger partial charge in [-0.2, -0.15) is 0 Å². The molecule has 0 bridgehead atoms. The summed E-state index contributed by atoms with van der Waals surface area (Å²) >= 11 is 0. The molecule has 1 rings (SSSR count). The normalized spacial score (nSPS) is 13.6. The van der Waals surface area contributed by atoms with Crippen molar-refractivity contribution in [3.8, 4) is 5.75 Å². The van der Waals surface area contributed by atoms with Crippen molar-refractivity contribution >= 4 is 8.56 Å². The largest absolute Gasteiger partial charge is 0.520 e. The third-order valence-corrected chi connectivity index (χ3v) is 7.89. The average molecular weight is 266 g/mol. The highest BCUT2D eigenvalue weighted by Crippen LogP contribution is 2.49. The van der Waals surface area contributed by atoms with Gasteiger partial charge in [0.15, 0.2) is 0 Å². The Morgan fingerprint density at radius 2 is 1.50 bits per heavy atom. The van der Waals surface area contributed by atoms with Crippen molar-refractivity contribution in [2.24, 2.45) is 0 Å². The molecule has 0 aliphatic carbocycles. The molecule has 0 saturated carbocycles. The fourth-order valence-electron chi connectivity index (χ4n) is 2.28. The molecule has 1 aromatic carbocycles. The summed E-state index contributed by atoms with van der Waals surface area (Å²) in [5, 5.41) is -0.482. The van der Waals surface area contributed by atoms with E-state index in [0.29, 0.717) is 0 Å². The van der Waals surface area contributed by atoms with Crippen molar-refractivity contribution < 1.29 is 9.22 Å². The van der Waals surface area contributed by atoms with Crippen molar-refractivity contribution in [2.75, 3.05) is 0 Å². The Labute approximate surface area is 112 Å². The van der Waals surface area contributed by atoms with Crippen molar-refractivity contribution in [1.82, 2.24) is 0 Å². The zero-order valence-corrected chi connectivity index (χ0v) is 13.7. The summed E-state index contributed by atoms with van der Waals surface area (Å²) in [6.07, 6.45) is 0. The van der Waals surface area contributed by atoms with Gasteiger partial charge in [0.2, 0.25) is 0 Å². The standard InChI is InChI=1S/C15H26O2Si/c1-12-9-8-10-13(11-12)17-18(16,14(2,3)4)15(5,6)7/h8-11,16H,1-7H3. The van der Waals surface area contributed by atoms with Gasteiger partial charge >= 0.3 is 8.56 Å². The molecule has 0 unspecified atom stereocenters. The van der Waals surface area contributed by atoms with Gasteiger partial charge in [-0.3, -0.25) is 0 Å². The van der Waals surface area contributed by atoms with Crippen molar-refractivity contribution in [1.29, 1.82) is 0 Å². The molecule has 0 atom stereocenters. The molecular weight excluding hydrogens is 240 g/mol. The number of hydrogen-bond donors (Lipinski definition) is 1. The highest BCUT2D eigenvalue weighted by molar-refractivity contribution is 6.72. The van der Waals surface area contributed by atoms with Crippen LogP contribution in [0.25, 0.3) is 0 Å². The van der Waals surface area contributed by atoms with Gasteiger partial charge in [-0.05, 0) is 24.6 Å². The molecule has 0 spiro atoms. The van der Waals surface area contributed by atoms with E-state index in [1.807, 2.05) is 31.2 Å². The lowest BCUT2D eigenvalue weighted by atomic mass is 10.2. The lowest BCUT2D eigenvalue weighted by Gasteiger charge is -2.45. The molecule has 1 N–H and O–H groups in total. The van der Waals surface area contributed by atoms with Gasteiger partial charge in [-0.15, -0.1) is 0 Å². The molecule has 102 valence electrons. The predicted molar refractivity (Wildman–Crippen MR) is 79.2 cm³/mol. The van der Waals surface area contributed by atoms with Crippen molar-refractivity contribution in [3.05, 3.63) is 29.8 Å². The monoisotopic (exact) mass is 266 g/mol. The Balaban J connectivity index is 3.16. The van der Waals surface area contributed by atoms with Gasteiger partial charge in [0.05, 0.1) is 0 Å². The molecule has 1 aromatic rings. The Kier molecular flexibility index (Phi) is 3.99. The van der Waals surface area contributed by atoms with E-state index in [-0.39, 0.29) is 10.1 Å². The summed E-state index contributed by atoms with van der Waals surface area (Å²) in [7, 11) is -2.92. The molecule has 2 nitrogen and oxygen atoms in total.